The van der Waals surface area contributed by atoms with Gasteiger partial charge in [0.1, 0.15) is 5.82 Å². The van der Waals surface area contributed by atoms with Crippen molar-refractivity contribution < 1.29 is 9.50 Å². The molecule has 0 saturated heterocycles. The van der Waals surface area contributed by atoms with Gasteiger partial charge in [0.25, 0.3) is 0 Å². The van der Waals surface area contributed by atoms with Crippen LogP contribution in [0.25, 0.3) is 0 Å². The Kier molecular flexibility index (Phi) is 4.54. The SMILES string of the molecule is OC1CCCC1CNCc1cccc(F)c1Br. The molecular weight excluding hydrogens is 285 g/mol. The average molecular weight is 302 g/mol. The van der Waals surface area contributed by atoms with E-state index in [-0.39, 0.29) is 11.9 Å². The van der Waals surface area contributed by atoms with E-state index >= 15 is 0 Å². The minimum Gasteiger partial charge on any atom is -0.393 e. The topological polar surface area (TPSA) is 32.3 Å². The largest absolute Gasteiger partial charge is 0.393 e. The predicted molar refractivity (Wildman–Crippen MR) is 69.2 cm³/mol. The third-order valence-corrected chi connectivity index (χ3v) is 4.26. The second kappa shape index (κ2) is 5.94. The smallest absolute Gasteiger partial charge is 0.137 e. The zero-order valence-corrected chi connectivity index (χ0v) is 11.2. The van der Waals surface area contributed by atoms with Crippen molar-refractivity contribution in [1.82, 2.24) is 5.32 Å². The molecule has 4 heteroatoms. The highest BCUT2D eigenvalue weighted by Gasteiger charge is 2.24. The maximum absolute atomic E-state index is 13.3. The van der Waals surface area contributed by atoms with Gasteiger partial charge in [0, 0.05) is 13.1 Å². The Morgan fingerprint density at radius 3 is 2.94 bits per heavy atom. The van der Waals surface area contributed by atoms with Crippen LogP contribution in [0.5, 0.6) is 0 Å². The fourth-order valence-electron chi connectivity index (χ4n) is 2.33. The molecule has 17 heavy (non-hydrogen) atoms. The van der Waals surface area contributed by atoms with Crippen molar-refractivity contribution in [2.75, 3.05) is 6.54 Å². The van der Waals surface area contributed by atoms with E-state index in [0.29, 0.717) is 16.9 Å². The number of benzene rings is 1. The van der Waals surface area contributed by atoms with Crippen LogP contribution in [0.2, 0.25) is 0 Å². The highest BCUT2D eigenvalue weighted by molar-refractivity contribution is 9.10. The van der Waals surface area contributed by atoms with E-state index < -0.39 is 0 Å². The number of halogens is 2. The minimum absolute atomic E-state index is 0.168. The van der Waals surface area contributed by atoms with Crippen LogP contribution in [-0.2, 0) is 6.54 Å². The van der Waals surface area contributed by atoms with Crippen LogP contribution in [0, 0.1) is 11.7 Å². The molecule has 2 nitrogen and oxygen atoms in total. The van der Waals surface area contributed by atoms with Crippen molar-refractivity contribution in [2.45, 2.75) is 31.9 Å². The molecule has 1 fully saturated rings. The maximum atomic E-state index is 13.3. The third kappa shape index (κ3) is 3.27. The predicted octanol–water partition coefficient (Wildman–Crippen LogP) is 2.84. The molecule has 1 aromatic rings. The first-order valence-electron chi connectivity index (χ1n) is 6.00. The summed E-state index contributed by atoms with van der Waals surface area (Å²) in [6.45, 7) is 1.42. The van der Waals surface area contributed by atoms with Crippen LogP contribution in [0.15, 0.2) is 22.7 Å². The Morgan fingerprint density at radius 1 is 1.41 bits per heavy atom. The summed E-state index contributed by atoms with van der Waals surface area (Å²) in [5.41, 5.74) is 0.914. The molecule has 0 radical (unpaired) electrons. The number of aliphatic hydroxyl groups is 1. The van der Waals surface area contributed by atoms with Crippen molar-refractivity contribution >= 4 is 15.9 Å². The highest BCUT2D eigenvalue weighted by Crippen LogP contribution is 2.25. The molecule has 1 aliphatic carbocycles. The van der Waals surface area contributed by atoms with Gasteiger partial charge in [-0.15, -0.1) is 0 Å². The van der Waals surface area contributed by atoms with Crippen molar-refractivity contribution in [3.05, 3.63) is 34.1 Å². The van der Waals surface area contributed by atoms with Gasteiger partial charge in [0.2, 0.25) is 0 Å². The fourth-order valence-corrected chi connectivity index (χ4v) is 2.74. The average Bonchev–Trinajstić information content (AvgIpc) is 2.71. The van der Waals surface area contributed by atoms with Gasteiger partial charge in [-0.3, -0.25) is 0 Å². The van der Waals surface area contributed by atoms with Gasteiger partial charge in [-0.2, -0.15) is 0 Å². The van der Waals surface area contributed by atoms with E-state index in [1.54, 1.807) is 6.07 Å². The van der Waals surface area contributed by atoms with E-state index in [1.807, 2.05) is 6.07 Å². The number of rotatable bonds is 4. The van der Waals surface area contributed by atoms with Crippen LogP contribution >= 0.6 is 15.9 Å². The maximum Gasteiger partial charge on any atom is 0.137 e. The van der Waals surface area contributed by atoms with Crippen molar-refractivity contribution in [3.63, 3.8) is 0 Å². The first-order chi connectivity index (χ1) is 8.18. The van der Waals surface area contributed by atoms with Gasteiger partial charge in [-0.25, -0.2) is 4.39 Å². The molecule has 2 rings (SSSR count). The number of aliphatic hydroxyl groups excluding tert-OH is 1. The molecule has 0 spiro atoms. The van der Waals surface area contributed by atoms with Gasteiger partial charge in [-0.05, 0) is 46.3 Å². The van der Waals surface area contributed by atoms with Crippen LogP contribution < -0.4 is 5.32 Å². The third-order valence-electron chi connectivity index (χ3n) is 3.37. The Hall–Kier alpha value is -0.450. The highest BCUT2D eigenvalue weighted by atomic mass is 79.9. The first-order valence-corrected chi connectivity index (χ1v) is 6.79. The Morgan fingerprint density at radius 2 is 2.24 bits per heavy atom. The molecule has 0 amide bonds. The molecule has 0 aliphatic heterocycles. The number of hydrogen-bond donors (Lipinski definition) is 2. The lowest BCUT2D eigenvalue weighted by Crippen LogP contribution is -2.27. The monoisotopic (exact) mass is 301 g/mol. The van der Waals surface area contributed by atoms with Crippen LogP contribution in [0.1, 0.15) is 24.8 Å². The molecule has 0 aromatic heterocycles. The van der Waals surface area contributed by atoms with Gasteiger partial charge in [0.05, 0.1) is 10.6 Å². The summed E-state index contributed by atoms with van der Waals surface area (Å²) in [5.74, 6) is 0.118. The first kappa shape index (κ1) is 13.0. The summed E-state index contributed by atoms with van der Waals surface area (Å²) in [6, 6.07) is 5.04. The van der Waals surface area contributed by atoms with E-state index in [2.05, 4.69) is 21.2 Å². The molecule has 1 aliphatic rings. The van der Waals surface area contributed by atoms with E-state index in [4.69, 9.17) is 0 Å². The Bertz CT molecular complexity index is 386. The van der Waals surface area contributed by atoms with Crippen LogP contribution in [0.4, 0.5) is 4.39 Å². The van der Waals surface area contributed by atoms with Crippen molar-refractivity contribution in [2.24, 2.45) is 5.92 Å². The molecular formula is C13H17BrFNO. The molecule has 1 saturated carbocycles. The summed E-state index contributed by atoms with van der Waals surface area (Å²) in [5, 5.41) is 13.0. The number of nitrogens with one attached hydrogen (secondary N) is 1. The molecule has 2 N–H and O–H groups in total. The molecule has 2 unspecified atom stereocenters. The minimum atomic E-state index is -0.231. The van der Waals surface area contributed by atoms with E-state index in [1.165, 1.54) is 6.07 Å². The van der Waals surface area contributed by atoms with Gasteiger partial charge in [-0.1, -0.05) is 18.6 Å². The normalized spacial score (nSPS) is 24.2. The lowest BCUT2D eigenvalue weighted by molar-refractivity contribution is 0.131. The zero-order chi connectivity index (χ0) is 12.3. The number of hydrogen-bond acceptors (Lipinski definition) is 2. The van der Waals surface area contributed by atoms with Crippen molar-refractivity contribution in [3.8, 4) is 0 Å². The quantitative estimate of drug-likeness (QED) is 0.896. The lowest BCUT2D eigenvalue weighted by atomic mass is 10.1. The van der Waals surface area contributed by atoms with Gasteiger partial charge < -0.3 is 10.4 Å². The lowest BCUT2D eigenvalue weighted by Gasteiger charge is -2.15. The molecule has 1 aromatic carbocycles. The summed E-state index contributed by atoms with van der Waals surface area (Å²) in [4.78, 5) is 0. The summed E-state index contributed by atoms with van der Waals surface area (Å²) >= 11 is 3.24. The standard InChI is InChI=1S/C13H17BrFNO/c14-13-10(4-1-5-11(13)15)8-16-7-9-3-2-6-12(9)17/h1,4-5,9,12,16-17H,2-3,6-8H2. The van der Waals surface area contributed by atoms with E-state index in [0.717, 1.165) is 31.4 Å². The summed E-state index contributed by atoms with van der Waals surface area (Å²) in [7, 11) is 0. The van der Waals surface area contributed by atoms with Gasteiger partial charge >= 0.3 is 0 Å². The van der Waals surface area contributed by atoms with E-state index in [9.17, 15) is 9.50 Å². The van der Waals surface area contributed by atoms with Gasteiger partial charge in [0.15, 0.2) is 0 Å². The van der Waals surface area contributed by atoms with Crippen LogP contribution in [-0.4, -0.2) is 17.8 Å². The summed E-state index contributed by atoms with van der Waals surface area (Å²) < 4.78 is 13.8. The molecule has 0 heterocycles. The second-order valence-corrected chi connectivity index (χ2v) is 5.40. The second-order valence-electron chi connectivity index (χ2n) is 4.60. The van der Waals surface area contributed by atoms with Crippen molar-refractivity contribution in [1.29, 1.82) is 0 Å². The fraction of sp³-hybridized carbons (Fsp3) is 0.538. The van der Waals surface area contributed by atoms with Crippen LogP contribution in [0.3, 0.4) is 0 Å². The molecule has 94 valence electrons. The zero-order valence-electron chi connectivity index (χ0n) is 9.63. The molecule has 0 bridgehead atoms. The molecule has 2 atom stereocenters. The Labute approximate surface area is 109 Å². The Balaban J connectivity index is 1.84. The summed E-state index contributed by atoms with van der Waals surface area (Å²) in [6.07, 6.45) is 2.93.